The maximum atomic E-state index is 12.8. The fourth-order valence-corrected chi connectivity index (χ4v) is 4.07. The number of amides is 2. The first-order chi connectivity index (χ1) is 14.0. The summed E-state index contributed by atoms with van der Waals surface area (Å²) in [4.78, 5) is 27.6. The molecule has 2 aromatic rings. The maximum absolute atomic E-state index is 12.8. The third kappa shape index (κ3) is 6.32. The van der Waals surface area contributed by atoms with Gasteiger partial charge in [-0.3, -0.25) is 9.59 Å². The van der Waals surface area contributed by atoms with Crippen LogP contribution in [0.5, 0.6) is 0 Å². The summed E-state index contributed by atoms with van der Waals surface area (Å²) < 4.78 is 0.934. The Labute approximate surface area is 181 Å². The molecular weight excluding hydrogens is 430 g/mol. The summed E-state index contributed by atoms with van der Waals surface area (Å²) >= 11 is 3.42. The number of hydrogen-bond acceptors (Lipinski definition) is 3. The average molecular weight is 458 g/mol. The third-order valence-corrected chi connectivity index (χ3v) is 5.56. The molecule has 29 heavy (non-hydrogen) atoms. The van der Waals surface area contributed by atoms with Crippen molar-refractivity contribution in [1.29, 1.82) is 0 Å². The Bertz CT molecular complexity index is 850. The molecule has 1 heterocycles. The zero-order valence-electron chi connectivity index (χ0n) is 16.8. The van der Waals surface area contributed by atoms with Crippen molar-refractivity contribution in [3.05, 3.63) is 58.6 Å². The summed E-state index contributed by atoms with van der Waals surface area (Å²) in [5.74, 6) is -0.324. The Morgan fingerprint density at radius 1 is 1.10 bits per heavy atom. The van der Waals surface area contributed by atoms with E-state index < -0.39 is 6.04 Å². The summed E-state index contributed by atoms with van der Waals surface area (Å²) in [6.07, 6.45) is 4.07. The van der Waals surface area contributed by atoms with Gasteiger partial charge >= 0.3 is 0 Å². The fourth-order valence-electron chi connectivity index (χ4n) is 3.62. The summed E-state index contributed by atoms with van der Waals surface area (Å²) in [6, 6.07) is 15.0. The second-order valence-electron chi connectivity index (χ2n) is 7.45. The van der Waals surface area contributed by atoms with Crippen LogP contribution in [0.2, 0.25) is 0 Å². The van der Waals surface area contributed by atoms with Gasteiger partial charge in [-0.2, -0.15) is 0 Å². The highest BCUT2D eigenvalue weighted by molar-refractivity contribution is 9.10. The van der Waals surface area contributed by atoms with Gasteiger partial charge in [0.25, 0.3) is 0 Å². The summed E-state index contributed by atoms with van der Waals surface area (Å²) in [5, 5.41) is 5.88. The van der Waals surface area contributed by atoms with Gasteiger partial charge in [-0.05, 0) is 55.2 Å². The number of rotatable bonds is 8. The standard InChI is InChI=1S/C23H28BrN3O2/c1-2-7-21(26-22(28)15-17-8-5-9-18(24)14-17)23(29)25-19-10-6-11-20(16-19)27-12-3-4-13-27/h5-6,8-11,14,16,21H,2-4,7,12-13,15H2,1H3,(H,25,29)(H,26,28). The second kappa shape index (κ2) is 10.4. The van der Waals surface area contributed by atoms with Crippen molar-refractivity contribution in [2.24, 2.45) is 0 Å². The maximum Gasteiger partial charge on any atom is 0.246 e. The molecule has 0 spiro atoms. The number of carbonyl (C=O) groups is 2. The van der Waals surface area contributed by atoms with E-state index in [-0.39, 0.29) is 18.2 Å². The molecule has 0 saturated carbocycles. The van der Waals surface area contributed by atoms with E-state index in [1.54, 1.807) is 0 Å². The molecule has 5 nitrogen and oxygen atoms in total. The molecule has 2 amide bonds. The fraction of sp³-hybridized carbons (Fsp3) is 0.391. The lowest BCUT2D eigenvalue weighted by molar-refractivity contribution is -0.126. The first-order valence-corrected chi connectivity index (χ1v) is 11.0. The van der Waals surface area contributed by atoms with Gasteiger partial charge in [0, 0.05) is 28.9 Å². The van der Waals surface area contributed by atoms with Crippen molar-refractivity contribution in [1.82, 2.24) is 5.32 Å². The van der Waals surface area contributed by atoms with Crippen LogP contribution < -0.4 is 15.5 Å². The highest BCUT2D eigenvalue weighted by Gasteiger charge is 2.21. The van der Waals surface area contributed by atoms with Crippen molar-refractivity contribution in [2.45, 2.75) is 45.1 Å². The van der Waals surface area contributed by atoms with E-state index in [1.807, 2.05) is 49.4 Å². The average Bonchev–Trinajstić information content (AvgIpc) is 3.23. The molecule has 1 fully saturated rings. The Morgan fingerprint density at radius 3 is 2.59 bits per heavy atom. The minimum absolute atomic E-state index is 0.150. The quantitative estimate of drug-likeness (QED) is 0.612. The molecule has 154 valence electrons. The van der Waals surface area contributed by atoms with E-state index in [0.717, 1.165) is 40.9 Å². The third-order valence-electron chi connectivity index (χ3n) is 5.07. The SMILES string of the molecule is CCCC(NC(=O)Cc1cccc(Br)c1)C(=O)Nc1cccc(N2CCCC2)c1. The van der Waals surface area contributed by atoms with Gasteiger partial charge in [-0.25, -0.2) is 0 Å². The second-order valence-corrected chi connectivity index (χ2v) is 8.36. The Hall–Kier alpha value is -2.34. The van der Waals surface area contributed by atoms with E-state index in [9.17, 15) is 9.59 Å². The zero-order chi connectivity index (χ0) is 20.6. The van der Waals surface area contributed by atoms with Crippen LogP contribution in [0.4, 0.5) is 11.4 Å². The first-order valence-electron chi connectivity index (χ1n) is 10.2. The van der Waals surface area contributed by atoms with Crippen LogP contribution in [-0.2, 0) is 16.0 Å². The predicted molar refractivity (Wildman–Crippen MR) is 121 cm³/mol. The van der Waals surface area contributed by atoms with Crippen LogP contribution in [-0.4, -0.2) is 30.9 Å². The van der Waals surface area contributed by atoms with Crippen molar-refractivity contribution in [2.75, 3.05) is 23.3 Å². The highest BCUT2D eigenvalue weighted by Crippen LogP contribution is 2.23. The summed E-state index contributed by atoms with van der Waals surface area (Å²) in [6.45, 7) is 4.12. The van der Waals surface area contributed by atoms with E-state index in [1.165, 1.54) is 12.8 Å². The molecule has 6 heteroatoms. The molecule has 3 rings (SSSR count). The smallest absolute Gasteiger partial charge is 0.246 e. The van der Waals surface area contributed by atoms with Crippen LogP contribution in [0.1, 0.15) is 38.2 Å². The molecule has 0 aromatic heterocycles. The lowest BCUT2D eigenvalue weighted by Crippen LogP contribution is -2.44. The Kier molecular flexibility index (Phi) is 7.69. The molecule has 1 unspecified atom stereocenters. The molecule has 0 aliphatic carbocycles. The van der Waals surface area contributed by atoms with Gasteiger partial charge in [-0.15, -0.1) is 0 Å². The summed E-state index contributed by atoms with van der Waals surface area (Å²) in [7, 11) is 0. The number of nitrogens with one attached hydrogen (secondary N) is 2. The molecule has 1 aliphatic rings. The number of anilines is 2. The number of benzene rings is 2. The Balaban J connectivity index is 1.61. The minimum atomic E-state index is -0.546. The predicted octanol–water partition coefficient (Wildman–Crippen LogP) is 4.52. The monoisotopic (exact) mass is 457 g/mol. The molecule has 0 bridgehead atoms. The van der Waals surface area contributed by atoms with Crippen molar-refractivity contribution >= 4 is 39.1 Å². The number of carbonyl (C=O) groups excluding carboxylic acids is 2. The van der Waals surface area contributed by atoms with Crippen LogP contribution in [0.15, 0.2) is 53.0 Å². The van der Waals surface area contributed by atoms with E-state index in [0.29, 0.717) is 6.42 Å². The van der Waals surface area contributed by atoms with Gasteiger partial charge in [-0.1, -0.05) is 47.5 Å². The minimum Gasteiger partial charge on any atom is -0.371 e. The van der Waals surface area contributed by atoms with Gasteiger partial charge in [0.05, 0.1) is 6.42 Å². The molecule has 1 atom stereocenters. The topological polar surface area (TPSA) is 61.4 Å². The van der Waals surface area contributed by atoms with Gasteiger partial charge in [0.1, 0.15) is 6.04 Å². The van der Waals surface area contributed by atoms with Crippen LogP contribution >= 0.6 is 15.9 Å². The molecule has 0 radical (unpaired) electrons. The van der Waals surface area contributed by atoms with Crippen LogP contribution in [0.25, 0.3) is 0 Å². The van der Waals surface area contributed by atoms with Crippen molar-refractivity contribution in [3.63, 3.8) is 0 Å². The Morgan fingerprint density at radius 2 is 1.86 bits per heavy atom. The number of halogens is 1. The van der Waals surface area contributed by atoms with E-state index in [2.05, 4.69) is 37.5 Å². The van der Waals surface area contributed by atoms with Gasteiger partial charge in [0.15, 0.2) is 0 Å². The molecule has 2 aromatic carbocycles. The highest BCUT2D eigenvalue weighted by atomic mass is 79.9. The van der Waals surface area contributed by atoms with Crippen molar-refractivity contribution < 1.29 is 9.59 Å². The normalized spacial score (nSPS) is 14.5. The number of nitrogens with zero attached hydrogens (tertiary/aromatic N) is 1. The van der Waals surface area contributed by atoms with Gasteiger partial charge in [0.2, 0.25) is 11.8 Å². The molecule has 2 N–H and O–H groups in total. The molecular formula is C23H28BrN3O2. The van der Waals surface area contributed by atoms with Crippen molar-refractivity contribution in [3.8, 4) is 0 Å². The van der Waals surface area contributed by atoms with E-state index in [4.69, 9.17) is 0 Å². The summed E-state index contributed by atoms with van der Waals surface area (Å²) in [5.41, 5.74) is 2.80. The number of hydrogen-bond donors (Lipinski definition) is 2. The molecule has 1 saturated heterocycles. The van der Waals surface area contributed by atoms with Gasteiger partial charge < -0.3 is 15.5 Å². The first kappa shape index (κ1) is 21.4. The van der Waals surface area contributed by atoms with E-state index >= 15 is 0 Å². The largest absolute Gasteiger partial charge is 0.371 e. The molecule has 1 aliphatic heterocycles. The lowest BCUT2D eigenvalue weighted by Gasteiger charge is -2.20. The lowest BCUT2D eigenvalue weighted by atomic mass is 10.1. The zero-order valence-corrected chi connectivity index (χ0v) is 18.4. The van der Waals surface area contributed by atoms with Crippen LogP contribution in [0.3, 0.4) is 0 Å². The van der Waals surface area contributed by atoms with Crippen LogP contribution in [0, 0.1) is 0 Å².